The van der Waals surface area contributed by atoms with Gasteiger partial charge in [0.05, 0.1) is 0 Å². The van der Waals surface area contributed by atoms with Crippen LogP contribution in [0.4, 0.5) is 0 Å². The molecule has 0 aromatic carbocycles. The zero-order chi connectivity index (χ0) is 14.8. The zero-order valence-electron chi connectivity index (χ0n) is 12.7. The Balaban J connectivity index is 3.98. The Morgan fingerprint density at radius 1 is 0.632 bits per heavy atom. The van der Waals surface area contributed by atoms with E-state index in [9.17, 15) is 0 Å². The first-order chi connectivity index (χ1) is 9.07. The van der Waals surface area contributed by atoms with Gasteiger partial charge in [0.15, 0.2) is 0 Å². The van der Waals surface area contributed by atoms with Crippen LogP contribution < -0.4 is 0 Å². The monoisotopic (exact) mass is 314 g/mol. The second-order valence-corrected chi connectivity index (χ2v) is 9.32. The van der Waals surface area contributed by atoms with Crippen molar-refractivity contribution in [1.82, 2.24) is 0 Å². The highest BCUT2D eigenvalue weighted by Crippen LogP contribution is 2.17. The van der Waals surface area contributed by atoms with Gasteiger partial charge in [0.1, 0.15) is 0 Å². The van der Waals surface area contributed by atoms with Crippen LogP contribution >= 0.6 is 0 Å². The third-order valence-corrected chi connectivity index (χ3v) is 7.73. The molecule has 0 aliphatic rings. The van der Waals surface area contributed by atoms with E-state index in [1.165, 1.54) is 21.3 Å². The first-order valence-electron chi connectivity index (χ1n) is 6.02. The van der Waals surface area contributed by atoms with Crippen LogP contribution in [0.25, 0.3) is 0 Å². The lowest BCUT2D eigenvalue weighted by Crippen LogP contribution is -2.46. The van der Waals surface area contributed by atoms with Crippen molar-refractivity contribution < 1.29 is 31.0 Å². The molecular weight excluding hydrogens is 288 g/mol. The van der Waals surface area contributed by atoms with E-state index >= 15 is 0 Å². The Hall–Kier alpha value is 0.154. The maximum atomic E-state index is 5.56. The lowest BCUT2D eigenvalue weighted by Gasteiger charge is -2.25. The molecule has 7 nitrogen and oxygen atoms in total. The summed E-state index contributed by atoms with van der Waals surface area (Å²) in [5, 5.41) is 0. The van der Waals surface area contributed by atoms with Gasteiger partial charge in [0.25, 0.3) is 0 Å². The highest BCUT2D eigenvalue weighted by atomic mass is 28.4. The summed E-state index contributed by atoms with van der Waals surface area (Å²) in [6, 6.07) is 0.737. The van der Waals surface area contributed by atoms with Gasteiger partial charge in [-0.1, -0.05) is 0 Å². The fraction of sp³-hybridized carbons (Fsp3) is 1.00. The summed E-state index contributed by atoms with van der Waals surface area (Å²) in [6.45, 7) is 0.489. The Morgan fingerprint density at radius 2 is 1.11 bits per heavy atom. The van der Waals surface area contributed by atoms with Crippen LogP contribution in [0.3, 0.4) is 0 Å². The predicted octanol–water partition coefficient (Wildman–Crippen LogP) is 1.04. The van der Waals surface area contributed by atoms with Crippen LogP contribution in [0, 0.1) is 0 Å². The molecule has 19 heavy (non-hydrogen) atoms. The number of rotatable bonds is 12. The molecule has 0 aromatic heterocycles. The molecule has 9 heteroatoms. The minimum Gasteiger partial charge on any atom is -0.377 e. The van der Waals surface area contributed by atoms with Crippen LogP contribution in [0.2, 0.25) is 6.04 Å². The fourth-order valence-electron chi connectivity index (χ4n) is 1.62. The summed E-state index contributed by atoms with van der Waals surface area (Å²) in [7, 11) is 3.96. The summed E-state index contributed by atoms with van der Waals surface area (Å²) < 4.78 is 37.0. The van der Waals surface area contributed by atoms with Gasteiger partial charge in [-0.2, -0.15) is 0 Å². The van der Waals surface area contributed by atoms with Crippen LogP contribution in [-0.4, -0.2) is 67.1 Å². The average molecular weight is 314 g/mol. The molecule has 0 aromatic rings. The second kappa shape index (κ2) is 9.96. The molecule has 0 unspecified atom stereocenters. The van der Waals surface area contributed by atoms with E-state index in [-0.39, 0.29) is 0 Å². The Bertz CT molecular complexity index is 183. The molecule has 0 rings (SSSR count). The largest absolute Gasteiger partial charge is 0.678 e. The van der Waals surface area contributed by atoms with E-state index in [0.29, 0.717) is 6.61 Å². The SMILES string of the molecule is CO[Si](CCCCO[Si](OC)(OC)OC)(OC)OC. The maximum Gasteiger partial charge on any atom is 0.678 e. The van der Waals surface area contributed by atoms with E-state index in [1.807, 2.05) is 0 Å². The molecule has 0 bridgehead atoms. The minimum atomic E-state index is -2.92. The molecule has 116 valence electrons. The van der Waals surface area contributed by atoms with Gasteiger partial charge in [-0.25, -0.2) is 0 Å². The number of unbranched alkanes of at least 4 members (excludes halogenated alkanes) is 1. The quantitative estimate of drug-likeness (QED) is 0.394. The first-order valence-corrected chi connectivity index (χ1v) is 9.59. The molecule has 0 saturated heterocycles. The van der Waals surface area contributed by atoms with Gasteiger partial charge in [0, 0.05) is 55.3 Å². The Morgan fingerprint density at radius 3 is 1.47 bits per heavy atom. The van der Waals surface area contributed by atoms with Gasteiger partial charge < -0.3 is 31.0 Å². The Kier molecular flexibility index (Phi) is 10.0. The maximum absolute atomic E-state index is 5.56. The van der Waals surface area contributed by atoms with E-state index in [0.717, 1.165) is 18.9 Å². The molecule has 0 fully saturated rings. The summed E-state index contributed by atoms with van der Waals surface area (Å²) in [6.07, 6.45) is 1.68. The van der Waals surface area contributed by atoms with Crippen molar-refractivity contribution >= 4 is 17.9 Å². The second-order valence-electron chi connectivity index (χ2n) is 3.71. The topological polar surface area (TPSA) is 64.6 Å². The third kappa shape index (κ3) is 5.98. The molecule has 0 spiro atoms. The number of hydrogen-bond donors (Lipinski definition) is 0. The lowest BCUT2D eigenvalue weighted by molar-refractivity contribution is 0.00513. The van der Waals surface area contributed by atoms with E-state index in [4.69, 9.17) is 31.0 Å². The standard InChI is InChI=1S/C10H26O7Si2/c1-11-18(12-2,13-3)10-8-7-9-17-19(14-4,15-5)16-6/h7-10H2,1-6H3. The van der Waals surface area contributed by atoms with E-state index in [2.05, 4.69) is 0 Å². The molecule has 0 radical (unpaired) electrons. The van der Waals surface area contributed by atoms with Gasteiger partial charge in [-0.05, 0) is 12.8 Å². The molecule has 0 N–H and O–H groups in total. The van der Waals surface area contributed by atoms with Crippen LogP contribution in [0.15, 0.2) is 0 Å². The van der Waals surface area contributed by atoms with E-state index < -0.39 is 17.9 Å². The van der Waals surface area contributed by atoms with Crippen molar-refractivity contribution in [2.24, 2.45) is 0 Å². The molecule has 0 saturated carbocycles. The first kappa shape index (κ1) is 19.2. The van der Waals surface area contributed by atoms with Crippen molar-refractivity contribution in [3.63, 3.8) is 0 Å². The van der Waals surface area contributed by atoms with Crippen LogP contribution in [-0.2, 0) is 31.0 Å². The van der Waals surface area contributed by atoms with Crippen molar-refractivity contribution in [2.75, 3.05) is 49.3 Å². The zero-order valence-corrected chi connectivity index (χ0v) is 14.7. The van der Waals surface area contributed by atoms with Gasteiger partial charge >= 0.3 is 17.9 Å². The normalized spacial score (nSPS) is 12.9. The third-order valence-electron chi connectivity index (χ3n) is 2.84. The lowest BCUT2D eigenvalue weighted by atomic mass is 10.4. The highest BCUT2D eigenvalue weighted by molar-refractivity contribution is 6.60. The van der Waals surface area contributed by atoms with Gasteiger partial charge in [0.2, 0.25) is 0 Å². The molecular formula is C10H26O7Si2. The fourth-order valence-corrected chi connectivity index (χ4v) is 4.67. The van der Waals surface area contributed by atoms with Crippen LogP contribution in [0.1, 0.15) is 12.8 Å². The predicted molar refractivity (Wildman–Crippen MR) is 73.6 cm³/mol. The minimum absolute atomic E-state index is 0.489. The highest BCUT2D eigenvalue weighted by Gasteiger charge is 2.42. The van der Waals surface area contributed by atoms with Crippen molar-refractivity contribution in [1.29, 1.82) is 0 Å². The molecule has 0 aliphatic heterocycles. The van der Waals surface area contributed by atoms with Gasteiger partial charge in [-0.15, -0.1) is 0 Å². The van der Waals surface area contributed by atoms with Crippen molar-refractivity contribution in [2.45, 2.75) is 18.9 Å². The smallest absolute Gasteiger partial charge is 0.377 e. The summed E-state index contributed by atoms with van der Waals surface area (Å²) in [5.74, 6) is 0. The Labute approximate surface area is 117 Å². The number of hydrogen-bond acceptors (Lipinski definition) is 7. The molecule has 0 atom stereocenters. The molecule has 0 heterocycles. The van der Waals surface area contributed by atoms with Gasteiger partial charge in [-0.3, -0.25) is 0 Å². The molecule has 0 aliphatic carbocycles. The summed E-state index contributed by atoms with van der Waals surface area (Å²) >= 11 is 0. The average Bonchev–Trinajstić information content (AvgIpc) is 2.48. The van der Waals surface area contributed by atoms with E-state index in [1.54, 1.807) is 21.3 Å². The summed E-state index contributed by atoms with van der Waals surface area (Å²) in [5.41, 5.74) is 0. The summed E-state index contributed by atoms with van der Waals surface area (Å²) in [4.78, 5) is 0. The van der Waals surface area contributed by atoms with Crippen LogP contribution in [0.5, 0.6) is 0 Å². The molecule has 0 amide bonds. The van der Waals surface area contributed by atoms with Crippen molar-refractivity contribution in [3.05, 3.63) is 0 Å². The van der Waals surface area contributed by atoms with Crippen molar-refractivity contribution in [3.8, 4) is 0 Å².